The molecule has 0 aliphatic carbocycles. The summed E-state index contributed by atoms with van der Waals surface area (Å²) in [5, 5.41) is 2.18. The summed E-state index contributed by atoms with van der Waals surface area (Å²) >= 11 is 5.61. The Labute approximate surface area is 157 Å². The number of rotatable bonds is 5. The lowest BCUT2D eigenvalue weighted by molar-refractivity contribution is -0.137. The summed E-state index contributed by atoms with van der Waals surface area (Å²) in [4.78, 5) is 16.8. The summed E-state index contributed by atoms with van der Waals surface area (Å²) in [6.07, 6.45) is -4.56. The first-order chi connectivity index (χ1) is 12.1. The van der Waals surface area contributed by atoms with Gasteiger partial charge in [0.2, 0.25) is 5.91 Å². The van der Waals surface area contributed by atoms with Crippen LogP contribution in [0, 0.1) is 5.92 Å². The molecule has 8 heteroatoms. The number of hydrogen-bond donors (Lipinski definition) is 1. The number of alkyl halides is 3. The summed E-state index contributed by atoms with van der Waals surface area (Å²) in [6, 6.07) is 2.98. The summed E-state index contributed by atoms with van der Waals surface area (Å²) < 4.78 is 38.8. The second-order valence-electron chi connectivity index (χ2n) is 7.09. The highest BCUT2D eigenvalue weighted by molar-refractivity contribution is 6.31. The average molecular weight is 392 g/mol. The van der Waals surface area contributed by atoms with Crippen molar-refractivity contribution >= 4 is 23.2 Å². The standard InChI is InChI=1S/C18H25ClF3N3O/c1-12(2)11-24-6-8-25(9-7-24)13(3)17(26)23-14-4-5-16(19)15(10-14)18(20,21)22/h4-5,10,12-13H,6-9,11H2,1-3H3,(H,23,26). The Morgan fingerprint density at radius 2 is 1.81 bits per heavy atom. The van der Waals surface area contributed by atoms with Crippen LogP contribution in [0.15, 0.2) is 18.2 Å². The fourth-order valence-electron chi connectivity index (χ4n) is 3.08. The minimum absolute atomic E-state index is 0.0945. The summed E-state index contributed by atoms with van der Waals surface area (Å²) in [6.45, 7) is 10.4. The maximum atomic E-state index is 12.9. The fraction of sp³-hybridized carbons (Fsp3) is 0.611. The molecule has 0 aromatic heterocycles. The monoisotopic (exact) mass is 391 g/mol. The van der Waals surface area contributed by atoms with E-state index in [1.165, 1.54) is 6.07 Å². The Balaban J connectivity index is 1.96. The molecule has 1 saturated heterocycles. The van der Waals surface area contributed by atoms with E-state index in [2.05, 4.69) is 24.1 Å². The Morgan fingerprint density at radius 1 is 1.19 bits per heavy atom. The summed E-state index contributed by atoms with van der Waals surface area (Å²) in [7, 11) is 0. The van der Waals surface area contributed by atoms with Gasteiger partial charge in [-0.1, -0.05) is 25.4 Å². The number of anilines is 1. The van der Waals surface area contributed by atoms with E-state index in [1.54, 1.807) is 6.92 Å². The smallest absolute Gasteiger partial charge is 0.325 e. The third-order valence-corrected chi connectivity index (χ3v) is 4.83. The highest BCUT2D eigenvalue weighted by Crippen LogP contribution is 2.36. The number of nitrogens with zero attached hydrogens (tertiary/aromatic N) is 2. The molecule has 1 aromatic carbocycles. The number of piperazine rings is 1. The molecule has 1 aromatic rings. The van der Waals surface area contributed by atoms with Crippen molar-refractivity contribution in [2.45, 2.75) is 33.0 Å². The molecule has 4 nitrogen and oxygen atoms in total. The first-order valence-electron chi connectivity index (χ1n) is 8.72. The maximum absolute atomic E-state index is 12.9. The van der Waals surface area contributed by atoms with Gasteiger partial charge in [-0.05, 0) is 31.0 Å². The van der Waals surface area contributed by atoms with Crippen LogP contribution in [0.2, 0.25) is 5.02 Å². The Kier molecular flexibility index (Phi) is 6.93. The zero-order valence-corrected chi connectivity index (χ0v) is 16.0. The van der Waals surface area contributed by atoms with Gasteiger partial charge >= 0.3 is 6.18 Å². The Bertz CT molecular complexity index is 629. The van der Waals surface area contributed by atoms with Crippen LogP contribution in [0.25, 0.3) is 0 Å². The van der Waals surface area contributed by atoms with Gasteiger partial charge in [0, 0.05) is 38.4 Å². The van der Waals surface area contributed by atoms with E-state index in [-0.39, 0.29) is 16.6 Å². The SMILES string of the molecule is CC(C)CN1CCN(C(C)C(=O)Nc2ccc(Cl)c(C(F)(F)F)c2)CC1. The normalized spacial score (nSPS) is 18.2. The van der Waals surface area contributed by atoms with Crippen LogP contribution < -0.4 is 5.32 Å². The van der Waals surface area contributed by atoms with E-state index in [1.807, 2.05) is 4.90 Å². The average Bonchev–Trinajstić information content (AvgIpc) is 2.55. The van der Waals surface area contributed by atoms with E-state index in [0.717, 1.165) is 44.9 Å². The highest BCUT2D eigenvalue weighted by Gasteiger charge is 2.33. The van der Waals surface area contributed by atoms with Gasteiger partial charge in [0.1, 0.15) is 0 Å². The van der Waals surface area contributed by atoms with Crippen molar-refractivity contribution < 1.29 is 18.0 Å². The molecular weight excluding hydrogens is 367 g/mol. The summed E-state index contributed by atoms with van der Waals surface area (Å²) in [5.41, 5.74) is -0.857. The van der Waals surface area contributed by atoms with Crippen molar-refractivity contribution in [3.63, 3.8) is 0 Å². The molecule has 1 amide bonds. The second-order valence-corrected chi connectivity index (χ2v) is 7.50. The number of benzene rings is 1. The molecular formula is C18H25ClF3N3O. The fourth-order valence-corrected chi connectivity index (χ4v) is 3.31. The Morgan fingerprint density at radius 3 is 2.35 bits per heavy atom. The molecule has 1 fully saturated rings. The van der Waals surface area contributed by atoms with Crippen LogP contribution in [0.3, 0.4) is 0 Å². The molecule has 0 saturated carbocycles. The van der Waals surface area contributed by atoms with E-state index in [9.17, 15) is 18.0 Å². The van der Waals surface area contributed by atoms with Crippen LogP contribution in [0.1, 0.15) is 26.3 Å². The zero-order valence-electron chi connectivity index (χ0n) is 15.2. The predicted octanol–water partition coefficient (Wildman–Crippen LogP) is 3.96. The van der Waals surface area contributed by atoms with E-state index in [4.69, 9.17) is 11.6 Å². The van der Waals surface area contributed by atoms with Gasteiger partial charge < -0.3 is 10.2 Å². The lowest BCUT2D eigenvalue weighted by atomic mass is 10.1. The zero-order chi connectivity index (χ0) is 19.5. The van der Waals surface area contributed by atoms with Crippen molar-refractivity contribution in [2.24, 2.45) is 5.92 Å². The number of carbonyl (C=O) groups excluding carboxylic acids is 1. The minimum Gasteiger partial charge on any atom is -0.325 e. The maximum Gasteiger partial charge on any atom is 0.417 e. The van der Waals surface area contributed by atoms with Crippen LogP contribution in [-0.4, -0.2) is 54.5 Å². The molecule has 1 N–H and O–H groups in total. The molecule has 1 aliphatic heterocycles. The van der Waals surface area contributed by atoms with E-state index in [0.29, 0.717) is 5.92 Å². The number of halogens is 4. The van der Waals surface area contributed by atoms with Crippen molar-refractivity contribution in [1.29, 1.82) is 0 Å². The topological polar surface area (TPSA) is 35.6 Å². The third kappa shape index (κ3) is 5.59. The quantitative estimate of drug-likeness (QED) is 0.825. The first kappa shape index (κ1) is 21.0. The number of nitrogens with one attached hydrogen (secondary N) is 1. The molecule has 1 unspecified atom stereocenters. The number of carbonyl (C=O) groups is 1. The van der Waals surface area contributed by atoms with Crippen molar-refractivity contribution in [3.8, 4) is 0 Å². The first-order valence-corrected chi connectivity index (χ1v) is 9.09. The largest absolute Gasteiger partial charge is 0.417 e. The molecule has 0 spiro atoms. The van der Waals surface area contributed by atoms with Gasteiger partial charge in [0.05, 0.1) is 16.6 Å². The minimum atomic E-state index is -4.56. The lowest BCUT2D eigenvalue weighted by Crippen LogP contribution is -2.53. The highest BCUT2D eigenvalue weighted by atomic mass is 35.5. The predicted molar refractivity (Wildman–Crippen MR) is 97.4 cm³/mol. The molecule has 146 valence electrons. The van der Waals surface area contributed by atoms with Gasteiger partial charge in [-0.15, -0.1) is 0 Å². The number of hydrogen-bond acceptors (Lipinski definition) is 3. The van der Waals surface area contributed by atoms with Gasteiger partial charge in [-0.3, -0.25) is 9.69 Å². The van der Waals surface area contributed by atoms with E-state index >= 15 is 0 Å². The molecule has 1 atom stereocenters. The van der Waals surface area contributed by atoms with Crippen LogP contribution in [0.4, 0.5) is 18.9 Å². The molecule has 0 bridgehead atoms. The molecule has 1 heterocycles. The van der Waals surface area contributed by atoms with Gasteiger partial charge in [-0.25, -0.2) is 0 Å². The van der Waals surface area contributed by atoms with Crippen LogP contribution in [-0.2, 0) is 11.0 Å². The van der Waals surface area contributed by atoms with Crippen molar-refractivity contribution in [2.75, 3.05) is 38.0 Å². The van der Waals surface area contributed by atoms with Gasteiger partial charge in [0.25, 0.3) is 0 Å². The molecule has 26 heavy (non-hydrogen) atoms. The third-order valence-electron chi connectivity index (χ3n) is 4.50. The van der Waals surface area contributed by atoms with Crippen molar-refractivity contribution in [1.82, 2.24) is 9.80 Å². The Hall–Kier alpha value is -1.31. The van der Waals surface area contributed by atoms with E-state index < -0.39 is 17.8 Å². The molecule has 1 aliphatic rings. The molecule has 0 radical (unpaired) electrons. The van der Waals surface area contributed by atoms with Crippen LogP contribution in [0.5, 0.6) is 0 Å². The molecule has 2 rings (SSSR count). The van der Waals surface area contributed by atoms with Gasteiger partial charge in [-0.2, -0.15) is 13.2 Å². The van der Waals surface area contributed by atoms with Gasteiger partial charge in [0.15, 0.2) is 0 Å². The summed E-state index contributed by atoms with van der Waals surface area (Å²) in [5.74, 6) is 0.271. The number of amides is 1. The lowest BCUT2D eigenvalue weighted by Gasteiger charge is -2.38. The van der Waals surface area contributed by atoms with Crippen molar-refractivity contribution in [3.05, 3.63) is 28.8 Å². The van der Waals surface area contributed by atoms with Crippen LogP contribution >= 0.6 is 11.6 Å². The second kappa shape index (κ2) is 8.59.